The molecule has 0 nitrogen and oxygen atoms in total. The van der Waals surface area contributed by atoms with E-state index in [0.717, 1.165) is 12.8 Å². The van der Waals surface area contributed by atoms with Crippen molar-refractivity contribution in [3.05, 3.63) is 38.2 Å². The largest absolute Gasteiger partial charge is 0.0882 e. The summed E-state index contributed by atoms with van der Waals surface area (Å²) in [5.41, 5.74) is 0. The second-order valence-electron chi connectivity index (χ2n) is 1.47. The Bertz CT molecular complexity index is 78.0. The molecule has 0 saturated carbocycles. The topological polar surface area (TPSA) is 0 Å². The van der Waals surface area contributed by atoms with Crippen LogP contribution in [-0.4, -0.2) is 0 Å². The first-order chi connectivity index (χ1) is 3.91. The third-order valence-electron chi connectivity index (χ3n) is 0.772. The predicted octanol–water partition coefficient (Wildman–Crippen LogP) is 2.55. The van der Waals surface area contributed by atoms with Crippen molar-refractivity contribution in [2.24, 2.45) is 0 Å². The van der Waals surface area contributed by atoms with Crippen molar-refractivity contribution in [3.63, 3.8) is 0 Å². The highest BCUT2D eigenvalue weighted by molar-refractivity contribution is 4.93. The summed E-state index contributed by atoms with van der Waals surface area (Å²) >= 11 is 0. The molecule has 0 aliphatic heterocycles. The van der Waals surface area contributed by atoms with Crippen LogP contribution in [-0.2, 0) is 0 Å². The SMILES string of the molecule is [CH2]/C=C/C/C=C/C[CH2]. The zero-order valence-electron chi connectivity index (χ0n) is 5.14. The maximum absolute atomic E-state index is 3.66. The van der Waals surface area contributed by atoms with Crippen LogP contribution in [0.1, 0.15) is 12.8 Å². The van der Waals surface area contributed by atoms with Gasteiger partial charge in [0, 0.05) is 0 Å². The summed E-state index contributed by atoms with van der Waals surface area (Å²) in [4.78, 5) is 0. The molecule has 0 unspecified atom stereocenters. The minimum atomic E-state index is 0.880. The molecule has 0 N–H and O–H groups in total. The normalized spacial score (nSPS) is 11.8. The molecule has 0 aliphatic carbocycles. The van der Waals surface area contributed by atoms with E-state index in [1.54, 1.807) is 6.08 Å². The van der Waals surface area contributed by atoms with E-state index in [4.69, 9.17) is 0 Å². The Balaban J connectivity index is 3.03. The molecule has 0 rings (SSSR count). The molecular formula is C8H12. The predicted molar refractivity (Wildman–Crippen MR) is 38.2 cm³/mol. The van der Waals surface area contributed by atoms with Crippen LogP contribution in [0, 0.1) is 13.8 Å². The van der Waals surface area contributed by atoms with Gasteiger partial charge in [0.2, 0.25) is 0 Å². The summed E-state index contributed by atoms with van der Waals surface area (Å²) in [6.45, 7) is 7.21. The molecule has 44 valence electrons. The van der Waals surface area contributed by atoms with E-state index in [2.05, 4.69) is 19.9 Å². The Hall–Kier alpha value is -0.520. The third-order valence-corrected chi connectivity index (χ3v) is 0.772. The molecule has 0 aromatic rings. The minimum Gasteiger partial charge on any atom is -0.0882 e. The first-order valence-electron chi connectivity index (χ1n) is 2.80. The molecular weight excluding hydrogens is 96.1 g/mol. The van der Waals surface area contributed by atoms with Gasteiger partial charge in [0.05, 0.1) is 0 Å². The number of hydrogen-bond acceptors (Lipinski definition) is 0. The molecule has 0 saturated heterocycles. The van der Waals surface area contributed by atoms with Crippen LogP contribution in [0.5, 0.6) is 0 Å². The fraction of sp³-hybridized carbons (Fsp3) is 0.250. The second kappa shape index (κ2) is 6.48. The lowest BCUT2D eigenvalue weighted by molar-refractivity contribution is 1.31. The lowest BCUT2D eigenvalue weighted by Gasteiger charge is -1.77. The van der Waals surface area contributed by atoms with Gasteiger partial charge in [0.1, 0.15) is 0 Å². The van der Waals surface area contributed by atoms with Crippen LogP contribution in [0.3, 0.4) is 0 Å². The monoisotopic (exact) mass is 108 g/mol. The van der Waals surface area contributed by atoms with E-state index in [1.807, 2.05) is 12.2 Å². The van der Waals surface area contributed by atoms with E-state index in [9.17, 15) is 0 Å². The summed E-state index contributed by atoms with van der Waals surface area (Å²) in [7, 11) is 0. The van der Waals surface area contributed by atoms with Crippen molar-refractivity contribution < 1.29 is 0 Å². The van der Waals surface area contributed by atoms with Gasteiger partial charge in [-0.15, -0.1) is 0 Å². The molecule has 2 radical (unpaired) electrons. The summed E-state index contributed by atoms with van der Waals surface area (Å²) in [6, 6.07) is 0. The standard InChI is InChI=1S/C8H12/c1-3-5-7-8-6-4-2/h3,5-6,8H,1-2,4,7H2/b5-3+,8-6+. The van der Waals surface area contributed by atoms with Crippen molar-refractivity contribution in [3.8, 4) is 0 Å². The maximum Gasteiger partial charge on any atom is -0.0169 e. The van der Waals surface area contributed by atoms with Crippen LogP contribution in [0.25, 0.3) is 0 Å². The highest BCUT2D eigenvalue weighted by Gasteiger charge is 1.65. The van der Waals surface area contributed by atoms with Crippen LogP contribution in [0.4, 0.5) is 0 Å². The first-order valence-corrected chi connectivity index (χ1v) is 2.80. The fourth-order valence-electron chi connectivity index (χ4n) is 0.389. The lowest BCUT2D eigenvalue weighted by Crippen LogP contribution is -1.56. The fourth-order valence-corrected chi connectivity index (χ4v) is 0.389. The summed E-state index contributed by atoms with van der Waals surface area (Å²) in [5.74, 6) is 0. The molecule has 0 atom stereocenters. The molecule has 0 spiro atoms. The molecule has 0 heteroatoms. The Morgan fingerprint density at radius 2 is 1.88 bits per heavy atom. The van der Waals surface area contributed by atoms with E-state index in [-0.39, 0.29) is 0 Å². The Morgan fingerprint density at radius 3 is 2.38 bits per heavy atom. The summed E-state index contributed by atoms with van der Waals surface area (Å²) < 4.78 is 0. The van der Waals surface area contributed by atoms with Crippen LogP contribution < -0.4 is 0 Å². The first kappa shape index (κ1) is 7.48. The number of allylic oxidation sites excluding steroid dienone is 4. The van der Waals surface area contributed by atoms with Gasteiger partial charge >= 0.3 is 0 Å². The highest BCUT2D eigenvalue weighted by Crippen LogP contribution is 1.86. The average Bonchev–Trinajstić information content (AvgIpc) is 1.81. The quantitative estimate of drug-likeness (QED) is 0.487. The van der Waals surface area contributed by atoms with Crippen molar-refractivity contribution in [1.29, 1.82) is 0 Å². The molecule has 0 fully saturated rings. The van der Waals surface area contributed by atoms with Gasteiger partial charge in [-0.05, 0) is 26.7 Å². The van der Waals surface area contributed by atoms with Gasteiger partial charge in [-0.2, -0.15) is 0 Å². The van der Waals surface area contributed by atoms with Gasteiger partial charge in [-0.1, -0.05) is 24.3 Å². The van der Waals surface area contributed by atoms with Crippen molar-refractivity contribution >= 4 is 0 Å². The van der Waals surface area contributed by atoms with Crippen molar-refractivity contribution in [2.45, 2.75) is 12.8 Å². The Morgan fingerprint density at radius 1 is 1.12 bits per heavy atom. The van der Waals surface area contributed by atoms with E-state index >= 15 is 0 Å². The summed E-state index contributed by atoms with van der Waals surface area (Å²) in [5, 5.41) is 0. The number of hydrogen-bond donors (Lipinski definition) is 0. The molecule has 0 aromatic heterocycles. The molecule has 0 bridgehead atoms. The van der Waals surface area contributed by atoms with Gasteiger partial charge in [0.25, 0.3) is 0 Å². The molecule has 8 heavy (non-hydrogen) atoms. The van der Waals surface area contributed by atoms with Gasteiger partial charge in [-0.3, -0.25) is 0 Å². The highest BCUT2D eigenvalue weighted by atomic mass is 13.7. The molecule has 0 amide bonds. The second-order valence-corrected chi connectivity index (χ2v) is 1.47. The lowest BCUT2D eigenvalue weighted by atomic mass is 10.3. The van der Waals surface area contributed by atoms with E-state index in [1.165, 1.54) is 0 Å². The van der Waals surface area contributed by atoms with Crippen LogP contribution in [0.15, 0.2) is 24.3 Å². The van der Waals surface area contributed by atoms with Crippen LogP contribution >= 0.6 is 0 Å². The van der Waals surface area contributed by atoms with Gasteiger partial charge in [0.15, 0.2) is 0 Å². The molecule has 0 aliphatic rings. The number of rotatable bonds is 3. The smallest absolute Gasteiger partial charge is 0.0169 e. The molecule has 0 aromatic carbocycles. The van der Waals surface area contributed by atoms with Crippen LogP contribution in [0.2, 0.25) is 0 Å². The van der Waals surface area contributed by atoms with Gasteiger partial charge < -0.3 is 0 Å². The van der Waals surface area contributed by atoms with Crippen molar-refractivity contribution in [1.82, 2.24) is 0 Å². The summed E-state index contributed by atoms with van der Waals surface area (Å²) in [6.07, 6.45) is 9.79. The van der Waals surface area contributed by atoms with E-state index < -0.39 is 0 Å². The maximum atomic E-state index is 3.66. The van der Waals surface area contributed by atoms with Crippen molar-refractivity contribution in [2.75, 3.05) is 0 Å². The van der Waals surface area contributed by atoms with E-state index in [0.29, 0.717) is 0 Å². The zero-order chi connectivity index (χ0) is 6.24. The Labute approximate surface area is 51.9 Å². The zero-order valence-corrected chi connectivity index (χ0v) is 5.14. The molecule has 0 heterocycles. The third kappa shape index (κ3) is 5.48. The average molecular weight is 108 g/mol. The Kier molecular flexibility index (Phi) is 6.06. The minimum absolute atomic E-state index is 0.880. The van der Waals surface area contributed by atoms with Gasteiger partial charge in [-0.25, -0.2) is 0 Å².